The molecule has 0 aliphatic heterocycles. The molecule has 0 unspecified atom stereocenters. The number of nitrogens with one attached hydrogen (secondary N) is 1. The van der Waals surface area contributed by atoms with E-state index in [0.717, 1.165) is 18.0 Å². The molecule has 0 aromatic heterocycles. The zero-order valence-electron chi connectivity index (χ0n) is 9.75. The van der Waals surface area contributed by atoms with Gasteiger partial charge >= 0.3 is 0 Å². The molecule has 0 aliphatic rings. The summed E-state index contributed by atoms with van der Waals surface area (Å²) < 4.78 is 5.53. The van der Waals surface area contributed by atoms with E-state index in [1.165, 1.54) is 19.3 Å². The second kappa shape index (κ2) is 7.16. The van der Waals surface area contributed by atoms with Crippen LogP contribution in [-0.2, 0) is 0 Å². The van der Waals surface area contributed by atoms with Crippen molar-refractivity contribution in [3.05, 3.63) is 24.3 Å². The topological polar surface area (TPSA) is 21.3 Å². The van der Waals surface area contributed by atoms with Crippen LogP contribution >= 0.6 is 0 Å². The van der Waals surface area contributed by atoms with Crippen LogP contribution in [0.3, 0.4) is 0 Å². The number of hydrogen-bond acceptors (Lipinski definition) is 2. The van der Waals surface area contributed by atoms with Gasteiger partial charge in [0, 0.05) is 6.54 Å². The third kappa shape index (κ3) is 4.24. The Morgan fingerprint density at radius 1 is 1.13 bits per heavy atom. The molecule has 0 radical (unpaired) electrons. The number of para-hydroxylation sites is 2. The van der Waals surface area contributed by atoms with Crippen molar-refractivity contribution in [3.8, 4) is 5.75 Å². The molecule has 0 heterocycles. The lowest BCUT2D eigenvalue weighted by molar-refractivity contribution is 0.341. The maximum Gasteiger partial charge on any atom is 0.142 e. The normalized spacial score (nSPS) is 10.0. The lowest BCUT2D eigenvalue weighted by Gasteiger charge is -2.11. The smallest absolute Gasteiger partial charge is 0.142 e. The van der Waals surface area contributed by atoms with Crippen LogP contribution in [0.2, 0.25) is 0 Å². The van der Waals surface area contributed by atoms with Crippen LogP contribution in [0.25, 0.3) is 0 Å². The Morgan fingerprint density at radius 3 is 2.67 bits per heavy atom. The fraction of sp³-hybridized carbons (Fsp3) is 0.538. The van der Waals surface area contributed by atoms with Crippen molar-refractivity contribution in [2.75, 3.05) is 18.5 Å². The summed E-state index contributed by atoms with van der Waals surface area (Å²) in [5.74, 6) is 0.955. The lowest BCUT2D eigenvalue weighted by atomic mass is 10.2. The van der Waals surface area contributed by atoms with Gasteiger partial charge in [-0.3, -0.25) is 0 Å². The minimum absolute atomic E-state index is 0.716. The van der Waals surface area contributed by atoms with Crippen LogP contribution < -0.4 is 10.1 Å². The van der Waals surface area contributed by atoms with Crippen molar-refractivity contribution < 1.29 is 4.74 Å². The fourth-order valence-electron chi connectivity index (χ4n) is 1.49. The van der Waals surface area contributed by atoms with E-state index < -0.39 is 0 Å². The maximum absolute atomic E-state index is 5.53. The highest BCUT2D eigenvalue weighted by Gasteiger charge is 2.00. The summed E-state index contributed by atoms with van der Waals surface area (Å²) in [6.07, 6.45) is 3.76. The van der Waals surface area contributed by atoms with E-state index >= 15 is 0 Å². The highest BCUT2D eigenvalue weighted by atomic mass is 16.5. The van der Waals surface area contributed by atoms with Gasteiger partial charge in [-0.2, -0.15) is 0 Å². The summed E-state index contributed by atoms with van der Waals surface area (Å²) in [5, 5.41) is 3.41. The highest BCUT2D eigenvalue weighted by molar-refractivity contribution is 5.56. The first kappa shape index (κ1) is 11.9. The molecule has 1 rings (SSSR count). The van der Waals surface area contributed by atoms with E-state index in [0.29, 0.717) is 6.61 Å². The zero-order valence-corrected chi connectivity index (χ0v) is 9.75. The van der Waals surface area contributed by atoms with Crippen molar-refractivity contribution >= 4 is 5.69 Å². The molecule has 0 aliphatic carbocycles. The molecule has 0 atom stereocenters. The van der Waals surface area contributed by atoms with E-state index in [1.54, 1.807) is 0 Å². The Bertz CT molecular complexity index is 273. The molecule has 2 nitrogen and oxygen atoms in total. The predicted octanol–water partition coefficient (Wildman–Crippen LogP) is 3.69. The second-order valence-corrected chi connectivity index (χ2v) is 3.56. The van der Waals surface area contributed by atoms with Crippen LogP contribution in [0.4, 0.5) is 5.69 Å². The summed E-state index contributed by atoms with van der Waals surface area (Å²) in [6.45, 7) is 5.97. The van der Waals surface area contributed by atoms with Crippen LogP contribution in [0.1, 0.15) is 33.1 Å². The third-order valence-electron chi connectivity index (χ3n) is 2.28. The minimum atomic E-state index is 0.716. The van der Waals surface area contributed by atoms with Crippen LogP contribution in [0.5, 0.6) is 5.75 Å². The maximum atomic E-state index is 5.53. The van der Waals surface area contributed by atoms with Gasteiger partial charge in [0.25, 0.3) is 0 Å². The van der Waals surface area contributed by atoms with Gasteiger partial charge < -0.3 is 10.1 Å². The first-order chi connectivity index (χ1) is 7.38. The molecular formula is C13H21NO. The highest BCUT2D eigenvalue weighted by Crippen LogP contribution is 2.23. The SMILES string of the molecule is CCCCCNc1ccccc1OCC. The number of hydrogen-bond donors (Lipinski definition) is 1. The summed E-state index contributed by atoms with van der Waals surface area (Å²) >= 11 is 0. The Morgan fingerprint density at radius 2 is 1.93 bits per heavy atom. The van der Waals surface area contributed by atoms with E-state index in [-0.39, 0.29) is 0 Å². The standard InChI is InChI=1S/C13H21NO/c1-3-5-8-11-14-12-9-6-7-10-13(12)15-4-2/h6-7,9-10,14H,3-5,8,11H2,1-2H3. The lowest BCUT2D eigenvalue weighted by Crippen LogP contribution is -2.03. The molecule has 0 bridgehead atoms. The molecule has 0 amide bonds. The molecule has 1 N–H and O–H groups in total. The summed E-state index contributed by atoms with van der Waals surface area (Å²) in [6, 6.07) is 8.11. The number of ether oxygens (including phenoxy) is 1. The van der Waals surface area contributed by atoms with Crippen molar-refractivity contribution in [1.82, 2.24) is 0 Å². The predicted molar refractivity (Wildman–Crippen MR) is 65.6 cm³/mol. The Kier molecular flexibility index (Phi) is 5.67. The quantitative estimate of drug-likeness (QED) is 0.688. The molecule has 0 fully saturated rings. The van der Waals surface area contributed by atoms with Gasteiger partial charge in [-0.1, -0.05) is 31.9 Å². The van der Waals surface area contributed by atoms with Gasteiger partial charge in [-0.25, -0.2) is 0 Å². The molecule has 1 aromatic rings. The summed E-state index contributed by atoms with van der Waals surface area (Å²) in [5.41, 5.74) is 1.11. The third-order valence-corrected chi connectivity index (χ3v) is 2.28. The van der Waals surface area contributed by atoms with Crippen molar-refractivity contribution in [2.45, 2.75) is 33.1 Å². The van der Waals surface area contributed by atoms with Gasteiger partial charge in [0.1, 0.15) is 5.75 Å². The van der Waals surface area contributed by atoms with Crippen molar-refractivity contribution in [3.63, 3.8) is 0 Å². The summed E-state index contributed by atoms with van der Waals surface area (Å²) in [4.78, 5) is 0. The molecular weight excluding hydrogens is 186 g/mol. The van der Waals surface area contributed by atoms with Crippen molar-refractivity contribution in [2.24, 2.45) is 0 Å². The summed E-state index contributed by atoms with van der Waals surface area (Å²) in [7, 11) is 0. The fourth-order valence-corrected chi connectivity index (χ4v) is 1.49. The molecule has 84 valence electrons. The first-order valence-corrected chi connectivity index (χ1v) is 5.84. The first-order valence-electron chi connectivity index (χ1n) is 5.84. The van der Waals surface area contributed by atoms with E-state index in [2.05, 4.69) is 18.3 Å². The van der Waals surface area contributed by atoms with Crippen molar-refractivity contribution in [1.29, 1.82) is 0 Å². The number of rotatable bonds is 7. The average Bonchev–Trinajstić information content (AvgIpc) is 2.27. The molecule has 0 saturated carbocycles. The van der Waals surface area contributed by atoms with E-state index in [1.807, 2.05) is 25.1 Å². The average molecular weight is 207 g/mol. The Labute approximate surface area is 92.6 Å². The molecule has 1 aromatic carbocycles. The van der Waals surface area contributed by atoms with Gasteiger partial charge in [0.05, 0.1) is 12.3 Å². The zero-order chi connectivity index (χ0) is 10.9. The monoisotopic (exact) mass is 207 g/mol. The molecule has 0 spiro atoms. The number of anilines is 1. The Balaban J connectivity index is 2.44. The minimum Gasteiger partial charge on any atom is -0.492 e. The second-order valence-electron chi connectivity index (χ2n) is 3.56. The van der Waals surface area contributed by atoms with E-state index in [9.17, 15) is 0 Å². The Hall–Kier alpha value is -1.18. The van der Waals surface area contributed by atoms with Crippen LogP contribution in [-0.4, -0.2) is 13.2 Å². The molecule has 2 heteroatoms. The van der Waals surface area contributed by atoms with Gasteiger partial charge in [-0.05, 0) is 25.5 Å². The van der Waals surface area contributed by atoms with E-state index in [4.69, 9.17) is 4.74 Å². The van der Waals surface area contributed by atoms with Crippen LogP contribution in [0, 0.1) is 0 Å². The van der Waals surface area contributed by atoms with Gasteiger partial charge in [0.2, 0.25) is 0 Å². The van der Waals surface area contributed by atoms with Gasteiger partial charge in [0.15, 0.2) is 0 Å². The van der Waals surface area contributed by atoms with Gasteiger partial charge in [-0.15, -0.1) is 0 Å². The number of benzene rings is 1. The molecule has 0 saturated heterocycles. The largest absolute Gasteiger partial charge is 0.492 e. The number of unbranched alkanes of at least 4 members (excludes halogenated alkanes) is 2. The van der Waals surface area contributed by atoms with Crippen LogP contribution in [0.15, 0.2) is 24.3 Å². The molecule has 15 heavy (non-hydrogen) atoms.